The maximum Gasteiger partial charge on any atom is 0.226 e. The minimum absolute atomic E-state index is 0.0169. The highest BCUT2D eigenvalue weighted by atomic mass is 32.2. The molecule has 0 spiro atoms. The molecule has 6 nitrogen and oxygen atoms in total. The molecular formula is C21H28N2O4S. The predicted octanol–water partition coefficient (Wildman–Crippen LogP) is 3.66. The van der Waals surface area contributed by atoms with Gasteiger partial charge in [0, 0.05) is 12.1 Å². The van der Waals surface area contributed by atoms with E-state index in [9.17, 15) is 13.2 Å². The zero-order chi connectivity index (χ0) is 20.6. The summed E-state index contributed by atoms with van der Waals surface area (Å²) in [5.41, 5.74) is 2.61. The third-order valence-electron chi connectivity index (χ3n) is 4.32. The van der Waals surface area contributed by atoms with Crippen LogP contribution in [0.25, 0.3) is 0 Å². The van der Waals surface area contributed by atoms with Crippen LogP contribution in [0.2, 0.25) is 0 Å². The fraction of sp³-hybridized carbons (Fsp3) is 0.381. The van der Waals surface area contributed by atoms with Crippen LogP contribution in [0.5, 0.6) is 5.75 Å². The Labute approximate surface area is 167 Å². The Hall–Kier alpha value is -2.38. The molecule has 0 aliphatic heterocycles. The molecule has 0 saturated heterocycles. The number of carbonyl (C=O) groups is 1. The lowest BCUT2D eigenvalue weighted by atomic mass is 10.0. The van der Waals surface area contributed by atoms with Gasteiger partial charge in [-0.3, -0.25) is 4.79 Å². The number of unbranched alkanes of at least 4 members (excludes halogenated alkanes) is 1. The molecule has 7 heteroatoms. The normalized spacial score (nSPS) is 12.4. The van der Waals surface area contributed by atoms with Crippen LogP contribution in [0.15, 0.2) is 48.5 Å². The number of aryl methyl sites for hydroxylation is 1. The van der Waals surface area contributed by atoms with Crippen molar-refractivity contribution in [2.45, 2.75) is 38.6 Å². The molecule has 0 aliphatic carbocycles. The molecule has 2 N–H and O–H groups in total. The highest BCUT2D eigenvalue weighted by molar-refractivity contribution is 7.88. The first kappa shape index (κ1) is 21.9. The van der Waals surface area contributed by atoms with Crippen molar-refractivity contribution in [2.24, 2.45) is 0 Å². The van der Waals surface area contributed by atoms with Crippen LogP contribution in [-0.4, -0.2) is 27.7 Å². The Morgan fingerprint density at radius 1 is 1.07 bits per heavy atom. The van der Waals surface area contributed by atoms with Crippen molar-refractivity contribution in [3.8, 4) is 5.75 Å². The summed E-state index contributed by atoms with van der Waals surface area (Å²) in [6, 6.07) is 14.0. The number of hydrogen-bond donors (Lipinski definition) is 2. The fourth-order valence-corrected chi connectivity index (χ4v) is 3.59. The molecule has 0 radical (unpaired) electrons. The van der Waals surface area contributed by atoms with Gasteiger partial charge < -0.3 is 10.1 Å². The van der Waals surface area contributed by atoms with Crippen molar-refractivity contribution in [3.05, 3.63) is 59.7 Å². The van der Waals surface area contributed by atoms with Crippen LogP contribution in [0.1, 0.15) is 43.4 Å². The summed E-state index contributed by atoms with van der Waals surface area (Å²) in [6.45, 7) is 2.15. The molecule has 0 heterocycles. The number of amides is 1. The van der Waals surface area contributed by atoms with Crippen LogP contribution < -0.4 is 14.8 Å². The summed E-state index contributed by atoms with van der Waals surface area (Å²) in [5.74, 6) is 0.396. The van der Waals surface area contributed by atoms with E-state index in [-0.39, 0.29) is 12.3 Å². The highest BCUT2D eigenvalue weighted by Crippen LogP contribution is 2.22. The first-order chi connectivity index (χ1) is 13.3. The lowest BCUT2D eigenvalue weighted by Gasteiger charge is -2.18. The van der Waals surface area contributed by atoms with Gasteiger partial charge in [0.05, 0.1) is 19.4 Å². The van der Waals surface area contributed by atoms with Gasteiger partial charge in [0.2, 0.25) is 15.9 Å². The number of methoxy groups -OCH3 is 1. The quantitative estimate of drug-likeness (QED) is 0.633. The van der Waals surface area contributed by atoms with Gasteiger partial charge in [-0.25, -0.2) is 13.1 Å². The molecule has 0 saturated carbocycles. The largest absolute Gasteiger partial charge is 0.497 e. The van der Waals surface area contributed by atoms with E-state index >= 15 is 0 Å². The number of nitrogens with one attached hydrogen (secondary N) is 2. The van der Waals surface area contributed by atoms with Crippen molar-refractivity contribution in [1.82, 2.24) is 4.72 Å². The highest BCUT2D eigenvalue weighted by Gasteiger charge is 2.20. The Balaban J connectivity index is 2.06. The zero-order valence-electron chi connectivity index (χ0n) is 16.6. The van der Waals surface area contributed by atoms with Gasteiger partial charge in [0.1, 0.15) is 5.75 Å². The van der Waals surface area contributed by atoms with E-state index in [1.54, 1.807) is 31.4 Å². The number of carbonyl (C=O) groups excluding carboxylic acids is 1. The second kappa shape index (κ2) is 10.2. The van der Waals surface area contributed by atoms with Gasteiger partial charge in [0.25, 0.3) is 0 Å². The molecule has 2 rings (SSSR count). The van der Waals surface area contributed by atoms with Crippen molar-refractivity contribution >= 4 is 21.6 Å². The second-order valence-electron chi connectivity index (χ2n) is 6.77. The number of rotatable bonds is 10. The Morgan fingerprint density at radius 3 is 2.25 bits per heavy atom. The van der Waals surface area contributed by atoms with Crippen molar-refractivity contribution < 1.29 is 17.9 Å². The summed E-state index contributed by atoms with van der Waals surface area (Å²) < 4.78 is 31.1. The van der Waals surface area contributed by atoms with E-state index in [2.05, 4.69) is 17.0 Å². The standard InChI is InChI=1S/C21H28N2O4S/c1-4-5-6-16-7-11-18(12-8-16)22-21(24)15-20(23-28(3,25)26)17-9-13-19(27-2)14-10-17/h7-14,20,23H,4-6,15H2,1-3H3,(H,22,24)/t20-/m0/s1. The second-order valence-corrected chi connectivity index (χ2v) is 8.55. The van der Waals surface area contributed by atoms with Gasteiger partial charge in [-0.15, -0.1) is 0 Å². The van der Waals surface area contributed by atoms with Crippen LogP contribution in [0.3, 0.4) is 0 Å². The molecule has 2 aromatic rings. The molecule has 0 bridgehead atoms. The molecule has 28 heavy (non-hydrogen) atoms. The van der Waals surface area contributed by atoms with Gasteiger partial charge in [-0.05, 0) is 48.2 Å². The van der Waals surface area contributed by atoms with Gasteiger partial charge in [-0.1, -0.05) is 37.6 Å². The fourth-order valence-electron chi connectivity index (χ4n) is 2.86. The predicted molar refractivity (Wildman–Crippen MR) is 112 cm³/mol. The summed E-state index contributed by atoms with van der Waals surface area (Å²) in [4.78, 5) is 12.5. The third kappa shape index (κ3) is 7.32. The average molecular weight is 405 g/mol. The van der Waals surface area contributed by atoms with Gasteiger partial charge in [0.15, 0.2) is 0 Å². The lowest BCUT2D eigenvalue weighted by Crippen LogP contribution is -2.30. The molecule has 2 aromatic carbocycles. The third-order valence-corrected chi connectivity index (χ3v) is 5.03. The first-order valence-corrected chi connectivity index (χ1v) is 11.2. The van der Waals surface area contributed by atoms with Crippen LogP contribution in [0.4, 0.5) is 5.69 Å². The maximum absolute atomic E-state index is 12.5. The van der Waals surface area contributed by atoms with E-state index in [0.29, 0.717) is 17.0 Å². The van der Waals surface area contributed by atoms with E-state index in [1.165, 1.54) is 5.56 Å². The average Bonchev–Trinajstić information content (AvgIpc) is 2.66. The summed E-state index contributed by atoms with van der Waals surface area (Å²) in [7, 11) is -1.92. The van der Waals surface area contributed by atoms with E-state index in [4.69, 9.17) is 4.74 Å². The molecule has 0 fully saturated rings. The summed E-state index contributed by atoms with van der Waals surface area (Å²) >= 11 is 0. The minimum atomic E-state index is -3.48. The molecule has 0 aliphatic rings. The zero-order valence-corrected chi connectivity index (χ0v) is 17.4. The van der Waals surface area contributed by atoms with Crippen LogP contribution in [0, 0.1) is 0 Å². The number of hydrogen-bond acceptors (Lipinski definition) is 4. The van der Waals surface area contributed by atoms with Crippen LogP contribution in [-0.2, 0) is 21.2 Å². The smallest absolute Gasteiger partial charge is 0.226 e. The minimum Gasteiger partial charge on any atom is -0.497 e. The molecular weight excluding hydrogens is 376 g/mol. The Bertz CT molecular complexity index is 862. The van der Waals surface area contributed by atoms with Gasteiger partial charge in [-0.2, -0.15) is 0 Å². The maximum atomic E-state index is 12.5. The van der Waals surface area contributed by atoms with E-state index in [0.717, 1.165) is 25.5 Å². The first-order valence-electron chi connectivity index (χ1n) is 9.30. The summed E-state index contributed by atoms with van der Waals surface area (Å²) in [6.07, 6.45) is 4.35. The van der Waals surface area contributed by atoms with Crippen molar-refractivity contribution in [3.63, 3.8) is 0 Å². The molecule has 1 amide bonds. The SMILES string of the molecule is CCCCc1ccc(NC(=O)C[C@H](NS(C)(=O)=O)c2ccc(OC)cc2)cc1. The summed E-state index contributed by atoms with van der Waals surface area (Å²) in [5, 5.41) is 2.84. The van der Waals surface area contributed by atoms with E-state index in [1.807, 2.05) is 24.3 Å². The Morgan fingerprint density at radius 2 is 1.71 bits per heavy atom. The monoisotopic (exact) mass is 404 g/mol. The van der Waals surface area contributed by atoms with Crippen LogP contribution >= 0.6 is 0 Å². The number of anilines is 1. The molecule has 152 valence electrons. The lowest BCUT2D eigenvalue weighted by molar-refractivity contribution is -0.116. The van der Waals surface area contributed by atoms with E-state index < -0.39 is 16.1 Å². The molecule has 0 unspecified atom stereocenters. The molecule has 1 atom stereocenters. The topological polar surface area (TPSA) is 84.5 Å². The van der Waals surface area contributed by atoms with Crippen molar-refractivity contribution in [1.29, 1.82) is 0 Å². The number of sulfonamides is 1. The number of ether oxygens (including phenoxy) is 1. The van der Waals surface area contributed by atoms with Gasteiger partial charge >= 0.3 is 0 Å². The molecule has 0 aromatic heterocycles. The van der Waals surface area contributed by atoms with Crippen molar-refractivity contribution in [2.75, 3.05) is 18.7 Å². The number of benzene rings is 2. The Kier molecular flexibility index (Phi) is 8.02.